The molecule has 0 bridgehead atoms. The van der Waals surface area contributed by atoms with Crippen LogP contribution >= 0.6 is 0 Å². The number of esters is 1. The zero-order valence-electron chi connectivity index (χ0n) is 18.5. The van der Waals surface area contributed by atoms with E-state index in [9.17, 15) is 14.9 Å². The molecule has 0 unspecified atom stereocenters. The molecule has 0 radical (unpaired) electrons. The summed E-state index contributed by atoms with van der Waals surface area (Å²) in [5.41, 5.74) is 1.26. The van der Waals surface area contributed by atoms with Gasteiger partial charge >= 0.3 is 5.97 Å². The lowest BCUT2D eigenvalue weighted by Gasteiger charge is -2.38. The molecule has 0 aliphatic rings. The Labute approximate surface area is 179 Å². The summed E-state index contributed by atoms with van der Waals surface area (Å²) in [5, 5.41) is 10.9. The van der Waals surface area contributed by atoms with E-state index in [2.05, 4.69) is 33.9 Å². The van der Waals surface area contributed by atoms with Gasteiger partial charge in [0.2, 0.25) is 0 Å². The Hall–Kier alpha value is -2.51. The monoisotopic (exact) mass is 429 g/mol. The van der Waals surface area contributed by atoms with Gasteiger partial charge < -0.3 is 9.16 Å². The lowest BCUT2D eigenvalue weighted by molar-refractivity contribution is -0.384. The van der Waals surface area contributed by atoms with Crippen molar-refractivity contribution in [2.24, 2.45) is 0 Å². The van der Waals surface area contributed by atoms with Gasteiger partial charge in [0.1, 0.15) is 6.10 Å². The first-order valence-corrected chi connectivity index (χ1v) is 13.0. The molecule has 0 N–H and O–H groups in total. The number of carbonyl (C=O) groups is 1. The SMILES string of the molecule is C[C@H](c1ccccc1)[C@@H](CO[Si](C)(C)C(C)(C)C)OC(=O)c1ccc([N+](=O)[O-])cc1. The van der Waals surface area contributed by atoms with Crippen molar-refractivity contribution in [3.63, 3.8) is 0 Å². The lowest BCUT2D eigenvalue weighted by atomic mass is 9.95. The maximum absolute atomic E-state index is 12.8. The highest BCUT2D eigenvalue weighted by Crippen LogP contribution is 2.37. The number of benzene rings is 2. The maximum Gasteiger partial charge on any atom is 0.338 e. The number of nitro groups is 1. The molecule has 0 aromatic heterocycles. The Balaban J connectivity index is 2.22. The third-order valence-corrected chi connectivity index (χ3v) is 10.4. The number of carbonyl (C=O) groups excluding carboxylic acids is 1. The van der Waals surface area contributed by atoms with Crippen LogP contribution in [0.3, 0.4) is 0 Å². The van der Waals surface area contributed by atoms with E-state index in [-0.39, 0.29) is 22.2 Å². The first-order chi connectivity index (χ1) is 13.9. The van der Waals surface area contributed by atoms with Gasteiger partial charge in [-0.2, -0.15) is 0 Å². The van der Waals surface area contributed by atoms with Gasteiger partial charge in [-0.1, -0.05) is 58.0 Å². The number of hydrogen-bond donors (Lipinski definition) is 0. The Kier molecular flexibility index (Phi) is 7.55. The zero-order valence-corrected chi connectivity index (χ0v) is 19.5. The van der Waals surface area contributed by atoms with E-state index in [4.69, 9.17) is 9.16 Å². The summed E-state index contributed by atoms with van der Waals surface area (Å²) in [6.07, 6.45) is -0.482. The Morgan fingerprint density at radius 1 is 1.07 bits per heavy atom. The molecule has 0 fully saturated rings. The molecule has 2 aromatic carbocycles. The molecular formula is C23H31NO5Si. The Morgan fingerprint density at radius 2 is 1.63 bits per heavy atom. The molecule has 0 heterocycles. The van der Waals surface area contributed by atoms with Gasteiger partial charge in [0, 0.05) is 18.1 Å². The van der Waals surface area contributed by atoms with E-state index in [0.29, 0.717) is 6.61 Å². The van der Waals surface area contributed by atoms with Crippen LogP contribution < -0.4 is 0 Å². The van der Waals surface area contributed by atoms with Gasteiger partial charge in [-0.25, -0.2) is 4.79 Å². The summed E-state index contributed by atoms with van der Waals surface area (Å²) in [5.74, 6) is -0.588. The number of ether oxygens (including phenoxy) is 1. The van der Waals surface area contributed by atoms with E-state index in [1.54, 1.807) is 0 Å². The molecule has 162 valence electrons. The van der Waals surface area contributed by atoms with Crippen LogP contribution in [0.25, 0.3) is 0 Å². The second-order valence-corrected chi connectivity index (χ2v) is 13.8. The molecule has 6 nitrogen and oxygen atoms in total. The molecule has 2 atom stereocenters. The topological polar surface area (TPSA) is 78.7 Å². The minimum absolute atomic E-state index is 0.0376. The van der Waals surface area contributed by atoms with Crippen molar-refractivity contribution in [1.82, 2.24) is 0 Å². The van der Waals surface area contributed by atoms with Crippen LogP contribution in [0.1, 0.15) is 49.5 Å². The highest BCUT2D eigenvalue weighted by molar-refractivity contribution is 6.74. The first kappa shape index (κ1) is 23.8. The van der Waals surface area contributed by atoms with E-state index in [1.807, 2.05) is 37.3 Å². The average molecular weight is 430 g/mol. The van der Waals surface area contributed by atoms with Crippen molar-refractivity contribution in [2.75, 3.05) is 6.61 Å². The van der Waals surface area contributed by atoms with Crippen molar-refractivity contribution in [3.8, 4) is 0 Å². The number of rotatable bonds is 8. The van der Waals surface area contributed by atoms with Crippen LogP contribution in [0.2, 0.25) is 18.1 Å². The maximum atomic E-state index is 12.8. The molecule has 7 heteroatoms. The fraction of sp³-hybridized carbons (Fsp3) is 0.435. The van der Waals surface area contributed by atoms with Crippen LogP contribution in [0.15, 0.2) is 54.6 Å². The van der Waals surface area contributed by atoms with Crippen LogP contribution in [0, 0.1) is 10.1 Å². The fourth-order valence-electron chi connectivity index (χ4n) is 2.68. The zero-order chi connectivity index (χ0) is 22.5. The summed E-state index contributed by atoms with van der Waals surface area (Å²) >= 11 is 0. The van der Waals surface area contributed by atoms with Crippen LogP contribution in [0.4, 0.5) is 5.69 Å². The summed E-state index contributed by atoms with van der Waals surface area (Å²) in [7, 11) is -2.03. The second kappa shape index (κ2) is 9.53. The minimum atomic E-state index is -2.03. The fourth-order valence-corrected chi connectivity index (χ4v) is 3.70. The van der Waals surface area contributed by atoms with Crippen LogP contribution in [-0.4, -0.2) is 31.9 Å². The van der Waals surface area contributed by atoms with Gasteiger partial charge in [0.05, 0.1) is 17.1 Å². The molecule has 0 aliphatic heterocycles. The summed E-state index contributed by atoms with van der Waals surface area (Å²) in [6.45, 7) is 13.1. The second-order valence-electron chi connectivity index (χ2n) is 9.02. The number of nitro benzene ring substituents is 1. The average Bonchev–Trinajstić information content (AvgIpc) is 2.70. The van der Waals surface area contributed by atoms with Gasteiger partial charge in [0.15, 0.2) is 8.32 Å². The highest BCUT2D eigenvalue weighted by atomic mass is 28.4. The molecule has 0 amide bonds. The molecule has 0 spiro atoms. The van der Waals surface area contributed by atoms with E-state index in [1.165, 1.54) is 24.3 Å². The van der Waals surface area contributed by atoms with Crippen molar-refractivity contribution < 1.29 is 18.9 Å². The quantitative estimate of drug-likeness (QED) is 0.224. The molecule has 0 saturated carbocycles. The van der Waals surface area contributed by atoms with Crippen molar-refractivity contribution in [2.45, 2.75) is 57.8 Å². The van der Waals surface area contributed by atoms with Crippen LogP contribution in [-0.2, 0) is 9.16 Å². The molecular weight excluding hydrogens is 398 g/mol. The van der Waals surface area contributed by atoms with Crippen LogP contribution in [0.5, 0.6) is 0 Å². The summed E-state index contributed by atoms with van der Waals surface area (Å²) < 4.78 is 12.2. The van der Waals surface area contributed by atoms with Crippen molar-refractivity contribution in [1.29, 1.82) is 0 Å². The molecule has 0 aliphatic carbocycles. The van der Waals surface area contributed by atoms with Gasteiger partial charge in [-0.05, 0) is 35.8 Å². The largest absolute Gasteiger partial charge is 0.456 e. The predicted molar refractivity (Wildman–Crippen MR) is 120 cm³/mol. The Bertz CT molecular complexity index is 859. The van der Waals surface area contributed by atoms with Gasteiger partial charge in [0.25, 0.3) is 5.69 Å². The molecule has 30 heavy (non-hydrogen) atoms. The molecule has 0 saturated heterocycles. The Morgan fingerprint density at radius 3 is 2.13 bits per heavy atom. The predicted octanol–water partition coefficient (Wildman–Crippen LogP) is 5.95. The van der Waals surface area contributed by atoms with Crippen molar-refractivity contribution in [3.05, 3.63) is 75.8 Å². The van der Waals surface area contributed by atoms with Gasteiger partial charge in [-0.3, -0.25) is 10.1 Å². The lowest BCUT2D eigenvalue weighted by Crippen LogP contribution is -2.44. The smallest absolute Gasteiger partial charge is 0.338 e. The molecule has 2 aromatic rings. The minimum Gasteiger partial charge on any atom is -0.456 e. The van der Waals surface area contributed by atoms with E-state index in [0.717, 1.165) is 5.56 Å². The summed E-state index contributed by atoms with van der Waals surface area (Å²) in [6, 6.07) is 15.3. The first-order valence-electron chi connectivity index (χ1n) is 10.1. The van der Waals surface area contributed by atoms with E-state index >= 15 is 0 Å². The van der Waals surface area contributed by atoms with E-state index < -0.39 is 25.3 Å². The standard InChI is InChI=1S/C23H31NO5Si/c1-17(18-10-8-7-9-11-18)21(16-28-30(5,6)23(2,3)4)29-22(25)19-12-14-20(15-13-19)24(26)27/h7-15,17,21H,16H2,1-6H3/t17-,21-/m1/s1. The molecule has 2 rings (SSSR count). The highest BCUT2D eigenvalue weighted by Gasteiger charge is 2.38. The van der Waals surface area contributed by atoms with Crippen molar-refractivity contribution >= 4 is 20.0 Å². The summed E-state index contributed by atoms with van der Waals surface area (Å²) in [4.78, 5) is 23.1. The number of non-ortho nitro benzene ring substituents is 1. The third-order valence-electron chi connectivity index (χ3n) is 5.87. The number of nitrogens with zero attached hydrogens (tertiary/aromatic N) is 1. The van der Waals surface area contributed by atoms with Gasteiger partial charge in [-0.15, -0.1) is 0 Å². The normalized spacial score (nSPS) is 14.1. The number of hydrogen-bond acceptors (Lipinski definition) is 5. The third kappa shape index (κ3) is 6.00.